The van der Waals surface area contributed by atoms with Gasteiger partial charge in [-0.1, -0.05) is 6.42 Å². The molecule has 0 radical (unpaired) electrons. The second kappa shape index (κ2) is 5.29. The molecule has 2 heterocycles. The molecule has 2 N–H and O–H groups in total. The third kappa shape index (κ3) is 2.18. The zero-order chi connectivity index (χ0) is 17.0. The van der Waals surface area contributed by atoms with Gasteiger partial charge in [0.15, 0.2) is 0 Å². The van der Waals surface area contributed by atoms with E-state index in [9.17, 15) is 23.5 Å². The average Bonchev–Trinajstić information content (AvgIpc) is 3.18. The first-order chi connectivity index (χ1) is 11.5. The monoisotopic (exact) mass is 334 g/mol. The topological polar surface area (TPSA) is 73.4 Å². The Morgan fingerprint density at radius 1 is 1.21 bits per heavy atom. The third-order valence-corrected chi connectivity index (χ3v) is 5.29. The highest BCUT2D eigenvalue weighted by Gasteiger charge is 2.49. The van der Waals surface area contributed by atoms with Crippen molar-refractivity contribution in [3.8, 4) is 0 Å². The van der Waals surface area contributed by atoms with Crippen LogP contribution in [0.1, 0.15) is 29.8 Å². The standard InChI is InChI=1S/C17H16F2N2O3/c18-9-4-12(19)11-6-14(20-13(11)5-9)16(22)21-7-8-2-1-3-10(8)15(21)17(23)24/h4-6,8,10,15,20H,1-3,7H2,(H,23,24). The molecule has 0 bridgehead atoms. The first-order valence-electron chi connectivity index (χ1n) is 7.97. The lowest BCUT2D eigenvalue weighted by Crippen LogP contribution is -2.43. The summed E-state index contributed by atoms with van der Waals surface area (Å²) < 4.78 is 27.1. The number of aromatic nitrogens is 1. The molecule has 1 aromatic heterocycles. The number of likely N-dealkylation sites (tertiary alicyclic amines) is 1. The maximum atomic E-state index is 13.8. The first kappa shape index (κ1) is 15.1. The SMILES string of the molecule is O=C(O)C1C2CCCC2CN1C(=O)c1cc2c(F)cc(F)cc2[nH]1. The summed E-state index contributed by atoms with van der Waals surface area (Å²) in [6, 6.07) is 2.34. The number of hydrogen-bond donors (Lipinski definition) is 2. The Hall–Kier alpha value is -2.44. The second-order valence-electron chi connectivity index (χ2n) is 6.63. The molecule has 24 heavy (non-hydrogen) atoms. The van der Waals surface area contributed by atoms with Gasteiger partial charge in [-0.2, -0.15) is 0 Å². The minimum absolute atomic E-state index is 0.0231. The predicted octanol–water partition coefficient (Wildman–Crippen LogP) is 2.77. The molecule has 7 heteroatoms. The molecule has 3 atom stereocenters. The summed E-state index contributed by atoms with van der Waals surface area (Å²) in [5, 5.41) is 9.65. The summed E-state index contributed by atoms with van der Waals surface area (Å²) in [5.41, 5.74) is 0.267. The molecule has 0 spiro atoms. The largest absolute Gasteiger partial charge is 0.480 e. The molecule has 1 aliphatic heterocycles. The van der Waals surface area contributed by atoms with Crippen molar-refractivity contribution in [2.45, 2.75) is 25.3 Å². The lowest BCUT2D eigenvalue weighted by Gasteiger charge is -2.23. The first-order valence-corrected chi connectivity index (χ1v) is 7.97. The van der Waals surface area contributed by atoms with E-state index in [1.54, 1.807) is 0 Å². The summed E-state index contributed by atoms with van der Waals surface area (Å²) >= 11 is 0. The van der Waals surface area contributed by atoms with Crippen LogP contribution in [-0.2, 0) is 4.79 Å². The van der Waals surface area contributed by atoms with Gasteiger partial charge >= 0.3 is 5.97 Å². The van der Waals surface area contributed by atoms with Crippen molar-refractivity contribution < 1.29 is 23.5 Å². The van der Waals surface area contributed by atoms with Gasteiger partial charge in [0.2, 0.25) is 0 Å². The van der Waals surface area contributed by atoms with E-state index in [4.69, 9.17) is 0 Å². The number of halogens is 2. The van der Waals surface area contributed by atoms with E-state index in [0.29, 0.717) is 6.54 Å². The Labute approximate surface area is 136 Å². The van der Waals surface area contributed by atoms with Gasteiger partial charge in [-0.15, -0.1) is 0 Å². The van der Waals surface area contributed by atoms with Crippen LogP contribution in [0.15, 0.2) is 18.2 Å². The van der Waals surface area contributed by atoms with Crippen molar-refractivity contribution >= 4 is 22.8 Å². The molecule has 2 aromatic rings. The van der Waals surface area contributed by atoms with Gasteiger partial charge in [0.1, 0.15) is 23.4 Å². The van der Waals surface area contributed by atoms with E-state index in [2.05, 4.69) is 4.98 Å². The quantitative estimate of drug-likeness (QED) is 0.887. The normalized spacial score (nSPS) is 26.1. The van der Waals surface area contributed by atoms with Gasteiger partial charge in [0, 0.05) is 18.0 Å². The number of fused-ring (bicyclic) bond motifs is 2. The molecule has 1 aromatic carbocycles. The van der Waals surface area contributed by atoms with Crippen molar-refractivity contribution in [1.29, 1.82) is 0 Å². The molecule has 1 saturated carbocycles. The number of rotatable bonds is 2. The molecule has 5 nitrogen and oxygen atoms in total. The maximum Gasteiger partial charge on any atom is 0.326 e. The molecule has 2 fully saturated rings. The number of hydrogen-bond acceptors (Lipinski definition) is 2. The number of aromatic amines is 1. The number of carboxylic acids is 1. The molecule has 1 aliphatic carbocycles. The van der Waals surface area contributed by atoms with Crippen LogP contribution in [0.5, 0.6) is 0 Å². The fourth-order valence-electron chi connectivity index (χ4n) is 4.26. The summed E-state index contributed by atoms with van der Waals surface area (Å²) in [4.78, 5) is 28.5. The zero-order valence-electron chi connectivity index (χ0n) is 12.8. The maximum absolute atomic E-state index is 13.8. The molecular formula is C17H16F2N2O3. The van der Waals surface area contributed by atoms with Gasteiger partial charge in [0.05, 0.1) is 5.52 Å². The highest BCUT2D eigenvalue weighted by molar-refractivity contribution is 6.00. The Kier molecular flexibility index (Phi) is 3.33. The fraction of sp³-hybridized carbons (Fsp3) is 0.412. The summed E-state index contributed by atoms with van der Waals surface area (Å²) in [6.45, 7) is 0.396. The lowest BCUT2D eigenvalue weighted by atomic mass is 9.94. The molecule has 2 aliphatic rings. The molecule has 3 unspecified atom stereocenters. The van der Waals surface area contributed by atoms with E-state index < -0.39 is 29.6 Å². The van der Waals surface area contributed by atoms with E-state index >= 15 is 0 Å². The van der Waals surface area contributed by atoms with Crippen LogP contribution in [0.4, 0.5) is 8.78 Å². The Bertz CT molecular complexity index is 848. The van der Waals surface area contributed by atoms with Crippen molar-refractivity contribution in [3.05, 3.63) is 35.5 Å². The van der Waals surface area contributed by atoms with E-state index in [-0.39, 0.29) is 28.4 Å². The van der Waals surface area contributed by atoms with Crippen molar-refractivity contribution in [3.63, 3.8) is 0 Å². The van der Waals surface area contributed by atoms with Crippen LogP contribution in [0.2, 0.25) is 0 Å². The van der Waals surface area contributed by atoms with Crippen molar-refractivity contribution in [1.82, 2.24) is 9.88 Å². The van der Waals surface area contributed by atoms with Crippen LogP contribution in [0.25, 0.3) is 10.9 Å². The van der Waals surface area contributed by atoms with Gasteiger partial charge in [0.25, 0.3) is 5.91 Å². The van der Waals surface area contributed by atoms with Crippen LogP contribution in [0, 0.1) is 23.5 Å². The number of amides is 1. The lowest BCUT2D eigenvalue weighted by molar-refractivity contribution is -0.142. The Balaban J connectivity index is 1.70. The van der Waals surface area contributed by atoms with Crippen LogP contribution >= 0.6 is 0 Å². The number of aliphatic carboxylic acids is 1. The summed E-state index contributed by atoms with van der Waals surface area (Å²) in [6.07, 6.45) is 2.71. The number of carbonyl (C=O) groups excluding carboxylic acids is 1. The molecule has 4 rings (SSSR count). The Morgan fingerprint density at radius 3 is 2.75 bits per heavy atom. The van der Waals surface area contributed by atoms with Crippen LogP contribution < -0.4 is 0 Å². The minimum Gasteiger partial charge on any atom is -0.480 e. The third-order valence-electron chi connectivity index (χ3n) is 5.29. The number of nitrogens with zero attached hydrogens (tertiary/aromatic N) is 1. The highest BCUT2D eigenvalue weighted by atomic mass is 19.1. The molecule has 1 saturated heterocycles. The predicted molar refractivity (Wildman–Crippen MR) is 81.5 cm³/mol. The van der Waals surface area contributed by atoms with Gasteiger partial charge in [-0.25, -0.2) is 13.6 Å². The molecule has 1 amide bonds. The van der Waals surface area contributed by atoms with E-state index in [1.807, 2.05) is 0 Å². The Morgan fingerprint density at radius 2 is 2.00 bits per heavy atom. The van der Waals surface area contributed by atoms with Crippen molar-refractivity contribution in [2.24, 2.45) is 11.8 Å². The number of H-pyrrole nitrogens is 1. The minimum atomic E-state index is -1.01. The number of nitrogens with one attached hydrogen (secondary N) is 1. The smallest absolute Gasteiger partial charge is 0.326 e. The summed E-state index contributed by atoms with van der Waals surface area (Å²) in [5.74, 6) is -2.80. The molecular weight excluding hydrogens is 318 g/mol. The number of carbonyl (C=O) groups is 2. The summed E-state index contributed by atoms with van der Waals surface area (Å²) in [7, 11) is 0. The van der Waals surface area contributed by atoms with Gasteiger partial charge in [-0.05, 0) is 36.8 Å². The van der Waals surface area contributed by atoms with Crippen LogP contribution in [-0.4, -0.2) is 39.5 Å². The van der Waals surface area contributed by atoms with Gasteiger partial charge < -0.3 is 15.0 Å². The number of carboxylic acid groups (broad SMARTS) is 1. The fourth-order valence-corrected chi connectivity index (χ4v) is 4.26. The van der Waals surface area contributed by atoms with Crippen molar-refractivity contribution in [2.75, 3.05) is 6.54 Å². The van der Waals surface area contributed by atoms with Crippen LogP contribution in [0.3, 0.4) is 0 Å². The van der Waals surface area contributed by atoms with Gasteiger partial charge in [-0.3, -0.25) is 4.79 Å². The zero-order valence-corrected chi connectivity index (χ0v) is 12.8. The highest BCUT2D eigenvalue weighted by Crippen LogP contribution is 2.42. The number of benzene rings is 1. The molecule has 126 valence electrons. The van der Waals surface area contributed by atoms with E-state index in [0.717, 1.165) is 31.4 Å². The van der Waals surface area contributed by atoms with E-state index in [1.165, 1.54) is 11.0 Å². The average molecular weight is 334 g/mol. The second-order valence-corrected chi connectivity index (χ2v) is 6.63.